The quantitative estimate of drug-likeness (QED) is 0.254. The number of aryl methyl sites for hydroxylation is 1. The van der Waals surface area contributed by atoms with Crippen molar-refractivity contribution in [2.45, 2.75) is 6.92 Å². The molecule has 0 spiro atoms. The fourth-order valence-corrected chi connectivity index (χ4v) is 3.35. The number of carbonyl (C=O) groups is 1. The molecule has 0 fully saturated rings. The molecule has 0 atom stereocenters. The Morgan fingerprint density at radius 2 is 1.71 bits per heavy atom. The number of ether oxygens (including phenoxy) is 3. The molecule has 0 unspecified atom stereocenters. The van der Waals surface area contributed by atoms with Gasteiger partial charge in [0.25, 0.3) is 0 Å². The van der Waals surface area contributed by atoms with E-state index in [2.05, 4.69) is 20.9 Å². The lowest BCUT2D eigenvalue weighted by Gasteiger charge is -2.11. The molecule has 1 aliphatic rings. The summed E-state index contributed by atoms with van der Waals surface area (Å²) in [6, 6.07) is 22.8. The number of hydrogen-bond donors (Lipinski definition) is 0. The van der Waals surface area contributed by atoms with E-state index >= 15 is 0 Å². The molecule has 0 radical (unpaired) electrons. The molecule has 4 rings (SSSR count). The lowest BCUT2D eigenvalue weighted by Crippen LogP contribution is -2.09. The first-order chi connectivity index (χ1) is 15.1. The highest BCUT2D eigenvalue weighted by molar-refractivity contribution is 9.10. The molecule has 0 amide bonds. The average Bonchev–Trinajstić information content (AvgIpc) is 3.14. The maximum Gasteiger partial charge on any atom is 0.363 e. The number of hydrogen-bond acceptors (Lipinski definition) is 5. The fraction of sp³-hybridized carbons (Fsp3) is 0.120. The Kier molecular flexibility index (Phi) is 6.48. The predicted octanol–water partition coefficient (Wildman–Crippen LogP) is 5.56. The van der Waals surface area contributed by atoms with Gasteiger partial charge in [0, 0.05) is 15.6 Å². The molecule has 0 aromatic heterocycles. The third-order valence-electron chi connectivity index (χ3n) is 4.54. The highest BCUT2D eigenvalue weighted by atomic mass is 79.9. The smallest absolute Gasteiger partial charge is 0.363 e. The molecule has 0 N–H and O–H groups in total. The van der Waals surface area contributed by atoms with Crippen LogP contribution < -0.4 is 9.47 Å². The van der Waals surface area contributed by atoms with Crippen LogP contribution in [0.25, 0.3) is 6.08 Å². The minimum absolute atomic E-state index is 0.220. The number of halogens is 1. The summed E-state index contributed by atoms with van der Waals surface area (Å²) in [5.41, 5.74) is 2.87. The van der Waals surface area contributed by atoms with E-state index in [4.69, 9.17) is 14.2 Å². The maximum absolute atomic E-state index is 12.3. The van der Waals surface area contributed by atoms with Crippen LogP contribution >= 0.6 is 15.9 Å². The van der Waals surface area contributed by atoms with Crippen LogP contribution in [0, 0.1) is 6.92 Å². The number of carbonyl (C=O) groups excluding carboxylic acids is 1. The van der Waals surface area contributed by atoms with E-state index < -0.39 is 5.97 Å². The monoisotopic (exact) mass is 477 g/mol. The van der Waals surface area contributed by atoms with Crippen LogP contribution in [0.5, 0.6) is 11.5 Å². The number of cyclic esters (lactones) is 1. The standard InChI is InChI=1S/C25H20BrNO4/c1-17-7-10-21(11-8-17)29-13-14-30-23-12-9-20(26)15-19(23)16-22-25(28)31-24(27-22)18-5-3-2-4-6-18/h2-12,15-16H,13-14H2,1H3/b22-16+. The molecule has 0 aliphatic carbocycles. The Balaban J connectivity index is 1.47. The summed E-state index contributed by atoms with van der Waals surface area (Å²) in [4.78, 5) is 16.7. The molecule has 3 aromatic carbocycles. The number of esters is 1. The Labute approximate surface area is 189 Å². The summed E-state index contributed by atoms with van der Waals surface area (Å²) in [7, 11) is 0. The van der Waals surface area contributed by atoms with E-state index in [-0.39, 0.29) is 5.70 Å². The van der Waals surface area contributed by atoms with E-state index in [9.17, 15) is 4.79 Å². The zero-order valence-corrected chi connectivity index (χ0v) is 18.5. The van der Waals surface area contributed by atoms with Gasteiger partial charge in [0.2, 0.25) is 5.90 Å². The molecular formula is C25H20BrNO4. The Bertz CT molecular complexity index is 1140. The van der Waals surface area contributed by atoms with Crippen molar-refractivity contribution in [2.24, 2.45) is 4.99 Å². The number of rotatable bonds is 7. The molecular weight excluding hydrogens is 458 g/mol. The third kappa shape index (κ3) is 5.41. The summed E-state index contributed by atoms with van der Waals surface area (Å²) in [5.74, 6) is 1.22. The summed E-state index contributed by atoms with van der Waals surface area (Å²) in [6.07, 6.45) is 1.67. The number of aliphatic imine (C=N–C) groups is 1. The highest BCUT2D eigenvalue weighted by Crippen LogP contribution is 2.28. The summed E-state index contributed by atoms with van der Waals surface area (Å²) < 4.78 is 17.8. The summed E-state index contributed by atoms with van der Waals surface area (Å²) in [6.45, 7) is 2.78. The van der Waals surface area contributed by atoms with Gasteiger partial charge in [0.05, 0.1) is 0 Å². The van der Waals surface area contributed by atoms with E-state index in [0.717, 1.165) is 21.3 Å². The van der Waals surface area contributed by atoms with Gasteiger partial charge in [-0.05, 0) is 55.5 Å². The van der Waals surface area contributed by atoms with Crippen molar-refractivity contribution in [3.8, 4) is 11.5 Å². The lowest BCUT2D eigenvalue weighted by atomic mass is 10.1. The van der Waals surface area contributed by atoms with Gasteiger partial charge in [-0.2, -0.15) is 0 Å². The Hall–Kier alpha value is -3.38. The maximum atomic E-state index is 12.3. The van der Waals surface area contributed by atoms with Crippen LogP contribution in [0.1, 0.15) is 16.7 Å². The van der Waals surface area contributed by atoms with Gasteiger partial charge >= 0.3 is 5.97 Å². The van der Waals surface area contributed by atoms with Gasteiger partial charge in [-0.15, -0.1) is 0 Å². The molecule has 6 heteroatoms. The number of nitrogens with zero attached hydrogens (tertiary/aromatic N) is 1. The molecule has 1 heterocycles. The van der Waals surface area contributed by atoms with Crippen LogP contribution in [0.3, 0.4) is 0 Å². The molecule has 5 nitrogen and oxygen atoms in total. The molecule has 0 bridgehead atoms. The summed E-state index contributed by atoms with van der Waals surface area (Å²) in [5, 5.41) is 0. The van der Waals surface area contributed by atoms with E-state index in [1.54, 1.807) is 6.08 Å². The molecule has 1 aliphatic heterocycles. The SMILES string of the molecule is Cc1ccc(OCCOc2ccc(Br)cc2/C=C2/N=C(c3ccccc3)OC2=O)cc1. The van der Waals surface area contributed by atoms with Gasteiger partial charge in [0.15, 0.2) is 5.70 Å². The van der Waals surface area contributed by atoms with Gasteiger partial charge in [-0.25, -0.2) is 9.79 Å². The van der Waals surface area contributed by atoms with Crippen LogP contribution in [0.15, 0.2) is 88.0 Å². The second-order valence-electron chi connectivity index (χ2n) is 6.89. The van der Waals surface area contributed by atoms with E-state index in [1.165, 1.54) is 5.56 Å². The van der Waals surface area contributed by atoms with Crippen LogP contribution in [0.4, 0.5) is 0 Å². The van der Waals surface area contributed by atoms with Gasteiger partial charge in [-0.1, -0.05) is 51.8 Å². The Morgan fingerprint density at radius 1 is 0.968 bits per heavy atom. The van der Waals surface area contributed by atoms with Crippen LogP contribution in [0.2, 0.25) is 0 Å². The molecule has 0 saturated heterocycles. The average molecular weight is 478 g/mol. The van der Waals surface area contributed by atoms with Gasteiger partial charge in [0.1, 0.15) is 24.7 Å². The predicted molar refractivity (Wildman–Crippen MR) is 123 cm³/mol. The zero-order valence-electron chi connectivity index (χ0n) is 16.9. The molecule has 3 aromatic rings. The first-order valence-corrected chi connectivity index (χ1v) is 10.6. The normalized spacial score (nSPS) is 14.3. The van der Waals surface area contributed by atoms with Crippen molar-refractivity contribution < 1.29 is 19.0 Å². The van der Waals surface area contributed by atoms with Crippen molar-refractivity contribution in [1.29, 1.82) is 0 Å². The topological polar surface area (TPSA) is 57.1 Å². The molecule has 156 valence electrons. The van der Waals surface area contributed by atoms with Crippen molar-refractivity contribution in [3.63, 3.8) is 0 Å². The second-order valence-corrected chi connectivity index (χ2v) is 7.81. The minimum atomic E-state index is -0.493. The van der Waals surface area contributed by atoms with Crippen molar-refractivity contribution in [1.82, 2.24) is 0 Å². The van der Waals surface area contributed by atoms with Crippen molar-refractivity contribution in [3.05, 3.63) is 99.7 Å². The zero-order chi connectivity index (χ0) is 21.6. The molecule has 31 heavy (non-hydrogen) atoms. The van der Waals surface area contributed by atoms with Gasteiger partial charge in [-0.3, -0.25) is 0 Å². The van der Waals surface area contributed by atoms with E-state index in [1.807, 2.05) is 79.7 Å². The lowest BCUT2D eigenvalue weighted by molar-refractivity contribution is -0.129. The largest absolute Gasteiger partial charge is 0.490 e. The minimum Gasteiger partial charge on any atom is -0.490 e. The van der Waals surface area contributed by atoms with Crippen molar-refractivity contribution in [2.75, 3.05) is 13.2 Å². The van der Waals surface area contributed by atoms with E-state index in [0.29, 0.717) is 24.9 Å². The van der Waals surface area contributed by atoms with Gasteiger partial charge < -0.3 is 14.2 Å². The third-order valence-corrected chi connectivity index (χ3v) is 5.03. The second kappa shape index (κ2) is 9.62. The first kappa shape index (κ1) is 20.9. The molecule has 0 saturated carbocycles. The summed E-state index contributed by atoms with van der Waals surface area (Å²) >= 11 is 3.47. The first-order valence-electron chi connectivity index (χ1n) is 9.78. The number of benzene rings is 3. The van der Waals surface area contributed by atoms with Crippen LogP contribution in [-0.4, -0.2) is 25.1 Å². The fourth-order valence-electron chi connectivity index (χ4n) is 2.97. The Morgan fingerprint density at radius 3 is 2.48 bits per heavy atom. The van der Waals surface area contributed by atoms with Crippen LogP contribution in [-0.2, 0) is 9.53 Å². The highest BCUT2D eigenvalue weighted by Gasteiger charge is 2.24. The van der Waals surface area contributed by atoms with Crippen molar-refractivity contribution >= 4 is 33.9 Å².